The molecule has 0 unspecified atom stereocenters. The molecule has 0 N–H and O–H groups in total. The Kier molecular flexibility index (Phi) is 2.50. The lowest BCUT2D eigenvalue weighted by molar-refractivity contribution is -0.125. The monoisotopic (exact) mass is 308 g/mol. The molecule has 3 aliphatic rings. The Morgan fingerprint density at radius 1 is 1.14 bits per heavy atom. The number of fused-ring (bicyclic) bond motifs is 3. The van der Waals surface area contributed by atoms with E-state index in [4.69, 9.17) is 0 Å². The predicted molar refractivity (Wildman–Crippen MR) is 91.5 cm³/mol. The van der Waals surface area contributed by atoms with E-state index in [0.29, 0.717) is 11.7 Å². The van der Waals surface area contributed by atoms with Gasteiger partial charge in [0.2, 0.25) is 0 Å². The van der Waals surface area contributed by atoms with Crippen LogP contribution < -0.4 is 0 Å². The number of thioether (sulfide) groups is 1. The molecule has 2 saturated carbocycles. The smallest absolute Gasteiger partial charge is 0.150 e. The van der Waals surface area contributed by atoms with Gasteiger partial charge in [0.1, 0.15) is 5.78 Å². The minimum Gasteiger partial charge on any atom is -0.298 e. The van der Waals surface area contributed by atoms with Crippen molar-refractivity contribution in [3.05, 3.63) is 42.0 Å². The van der Waals surface area contributed by atoms with E-state index in [0.717, 1.165) is 12.8 Å². The second kappa shape index (κ2) is 4.17. The summed E-state index contributed by atoms with van der Waals surface area (Å²) in [5, 5.41) is 2.71. The molecule has 2 fully saturated rings. The fraction of sp³-hybridized carbons (Fsp3) is 0.450. The van der Waals surface area contributed by atoms with Gasteiger partial charge in [0.15, 0.2) is 0 Å². The van der Waals surface area contributed by atoms with Crippen molar-refractivity contribution in [2.75, 3.05) is 0 Å². The Hall–Kier alpha value is -1.28. The summed E-state index contributed by atoms with van der Waals surface area (Å²) < 4.78 is -0.169. The van der Waals surface area contributed by atoms with Gasteiger partial charge in [-0.2, -0.15) is 0 Å². The lowest BCUT2D eigenvalue weighted by Gasteiger charge is -2.45. The number of ketones is 1. The first-order valence-corrected chi connectivity index (χ1v) is 9.25. The molecule has 0 radical (unpaired) electrons. The normalized spacial score (nSPS) is 36.2. The maximum Gasteiger partial charge on any atom is 0.150 e. The van der Waals surface area contributed by atoms with Crippen molar-refractivity contribution in [2.45, 2.75) is 54.1 Å². The molecule has 2 aromatic carbocycles. The average Bonchev–Trinajstić information content (AvgIpc) is 3.00. The van der Waals surface area contributed by atoms with E-state index in [1.54, 1.807) is 0 Å². The van der Waals surface area contributed by atoms with Crippen molar-refractivity contribution in [2.24, 2.45) is 5.92 Å². The van der Waals surface area contributed by atoms with E-state index in [1.165, 1.54) is 40.5 Å². The van der Waals surface area contributed by atoms with E-state index in [9.17, 15) is 4.79 Å². The van der Waals surface area contributed by atoms with Crippen LogP contribution in [0.15, 0.2) is 41.3 Å². The zero-order chi connectivity index (χ0) is 14.9. The molecule has 0 aromatic heterocycles. The van der Waals surface area contributed by atoms with Crippen LogP contribution in [0.3, 0.4) is 0 Å². The minimum absolute atomic E-state index is 0.0998. The fourth-order valence-electron chi connectivity index (χ4n) is 5.61. The number of carbonyl (C=O) groups is 1. The van der Waals surface area contributed by atoms with Crippen LogP contribution in [0.2, 0.25) is 0 Å². The molecule has 0 bridgehead atoms. The zero-order valence-corrected chi connectivity index (χ0v) is 13.7. The van der Waals surface area contributed by atoms with Gasteiger partial charge in [-0.3, -0.25) is 4.79 Å². The van der Waals surface area contributed by atoms with Crippen molar-refractivity contribution < 1.29 is 4.79 Å². The molecule has 0 amide bonds. The molecule has 112 valence electrons. The van der Waals surface area contributed by atoms with Gasteiger partial charge in [0.25, 0.3) is 0 Å². The van der Waals surface area contributed by atoms with Crippen LogP contribution in [0, 0.1) is 5.92 Å². The molecule has 2 aliphatic carbocycles. The first-order chi connectivity index (χ1) is 10.7. The molecular formula is C20H20OS. The van der Waals surface area contributed by atoms with E-state index in [2.05, 4.69) is 43.3 Å². The number of rotatable bonds is 0. The average molecular weight is 308 g/mol. The van der Waals surface area contributed by atoms with Crippen LogP contribution in [0.1, 0.15) is 44.6 Å². The third kappa shape index (κ3) is 1.28. The van der Waals surface area contributed by atoms with Crippen LogP contribution in [0.25, 0.3) is 10.8 Å². The lowest BCUT2D eigenvalue weighted by Crippen LogP contribution is -2.53. The highest BCUT2D eigenvalue weighted by molar-refractivity contribution is 8.02. The summed E-state index contributed by atoms with van der Waals surface area (Å²) in [4.78, 5) is 14.4. The SMILES string of the molecule is C[C@H]1CC[C@]23CCCC(=O)[C@]12Sc1ccc2ccccc2c13. The Morgan fingerprint density at radius 2 is 2.00 bits per heavy atom. The van der Waals surface area contributed by atoms with Gasteiger partial charge >= 0.3 is 0 Å². The Balaban J connectivity index is 1.89. The summed E-state index contributed by atoms with van der Waals surface area (Å²) >= 11 is 1.91. The first-order valence-electron chi connectivity index (χ1n) is 8.44. The molecule has 5 rings (SSSR count). The summed E-state index contributed by atoms with van der Waals surface area (Å²) in [6.45, 7) is 2.31. The summed E-state index contributed by atoms with van der Waals surface area (Å²) in [5.41, 5.74) is 1.61. The summed E-state index contributed by atoms with van der Waals surface area (Å²) in [6, 6.07) is 13.2. The van der Waals surface area contributed by atoms with Gasteiger partial charge in [-0.1, -0.05) is 37.3 Å². The molecule has 22 heavy (non-hydrogen) atoms. The largest absolute Gasteiger partial charge is 0.298 e. The lowest BCUT2D eigenvalue weighted by atomic mass is 9.61. The molecule has 2 heteroatoms. The number of benzene rings is 2. The van der Waals surface area contributed by atoms with Crippen molar-refractivity contribution in [3.8, 4) is 0 Å². The minimum atomic E-state index is -0.169. The van der Waals surface area contributed by atoms with E-state index < -0.39 is 0 Å². The molecule has 1 heterocycles. The van der Waals surface area contributed by atoms with Crippen LogP contribution in [-0.2, 0) is 10.2 Å². The van der Waals surface area contributed by atoms with E-state index in [-0.39, 0.29) is 10.2 Å². The van der Waals surface area contributed by atoms with Crippen molar-refractivity contribution in [1.29, 1.82) is 0 Å². The fourth-order valence-corrected chi connectivity index (χ4v) is 7.53. The Morgan fingerprint density at radius 3 is 2.91 bits per heavy atom. The number of hydrogen-bond donors (Lipinski definition) is 0. The third-order valence-electron chi connectivity index (χ3n) is 6.47. The van der Waals surface area contributed by atoms with Crippen LogP contribution in [0.5, 0.6) is 0 Å². The van der Waals surface area contributed by atoms with E-state index in [1.807, 2.05) is 11.8 Å². The first kappa shape index (κ1) is 13.2. The molecule has 2 aromatic rings. The van der Waals surface area contributed by atoms with Gasteiger partial charge in [-0.05, 0) is 54.0 Å². The maximum absolute atomic E-state index is 13.1. The van der Waals surface area contributed by atoms with Crippen LogP contribution >= 0.6 is 11.8 Å². The second-order valence-electron chi connectivity index (χ2n) is 7.30. The molecule has 3 atom stereocenters. The van der Waals surface area contributed by atoms with Gasteiger partial charge in [0.05, 0.1) is 4.75 Å². The van der Waals surface area contributed by atoms with E-state index >= 15 is 0 Å². The van der Waals surface area contributed by atoms with Crippen LogP contribution in [0.4, 0.5) is 0 Å². The predicted octanol–water partition coefficient (Wildman–Crippen LogP) is 5.11. The third-order valence-corrected chi connectivity index (χ3v) is 8.37. The molecular weight excluding hydrogens is 288 g/mol. The van der Waals surface area contributed by atoms with Gasteiger partial charge in [0, 0.05) is 16.7 Å². The highest BCUT2D eigenvalue weighted by Gasteiger charge is 2.68. The number of Topliss-reactive ketones (excluding diaryl/α,β-unsaturated/α-hetero) is 1. The standard InChI is InChI=1S/C20H20OS/c1-13-10-12-19-11-4-7-17(21)20(13,19)22-16-9-8-14-5-2-3-6-15(14)18(16)19/h2-3,5-6,8-9,13H,4,7,10-12H2,1H3/t13-,19-,20+/m0/s1. The molecule has 0 spiro atoms. The second-order valence-corrected chi connectivity index (χ2v) is 8.58. The summed E-state index contributed by atoms with van der Waals surface area (Å²) in [5.74, 6) is 1.02. The molecule has 0 saturated heterocycles. The van der Waals surface area contributed by atoms with Crippen molar-refractivity contribution in [3.63, 3.8) is 0 Å². The summed E-state index contributed by atoms with van der Waals surface area (Å²) in [7, 11) is 0. The van der Waals surface area contributed by atoms with Gasteiger partial charge in [-0.15, -0.1) is 11.8 Å². The zero-order valence-electron chi connectivity index (χ0n) is 12.9. The number of carbonyl (C=O) groups excluding carboxylic acids is 1. The number of hydrogen-bond acceptors (Lipinski definition) is 2. The molecule has 1 aliphatic heterocycles. The Labute approximate surface area is 135 Å². The topological polar surface area (TPSA) is 17.1 Å². The summed E-state index contributed by atoms with van der Waals surface area (Å²) in [6.07, 6.45) is 5.42. The highest BCUT2D eigenvalue weighted by Crippen LogP contribution is 2.71. The van der Waals surface area contributed by atoms with Crippen molar-refractivity contribution >= 4 is 28.3 Å². The highest BCUT2D eigenvalue weighted by atomic mass is 32.2. The van der Waals surface area contributed by atoms with Gasteiger partial charge in [-0.25, -0.2) is 0 Å². The van der Waals surface area contributed by atoms with Gasteiger partial charge < -0.3 is 0 Å². The van der Waals surface area contributed by atoms with Crippen LogP contribution in [-0.4, -0.2) is 10.5 Å². The maximum atomic E-state index is 13.1. The quantitative estimate of drug-likeness (QED) is 0.673. The van der Waals surface area contributed by atoms with Crippen molar-refractivity contribution in [1.82, 2.24) is 0 Å². The Bertz CT molecular complexity index is 806. The molecule has 1 nitrogen and oxygen atoms in total.